The summed E-state index contributed by atoms with van der Waals surface area (Å²) in [5.41, 5.74) is 0.167. The topological polar surface area (TPSA) is 84.1 Å². The van der Waals surface area contributed by atoms with Crippen LogP contribution in [0.1, 0.15) is 53.6 Å². The molecule has 1 heterocycles. The highest BCUT2D eigenvalue weighted by Gasteiger charge is 2.20. The number of aromatic nitrogens is 2. The summed E-state index contributed by atoms with van der Waals surface area (Å²) < 4.78 is 4.55. The molecule has 0 aromatic carbocycles. The van der Waals surface area contributed by atoms with Crippen molar-refractivity contribution >= 4 is 11.9 Å². The van der Waals surface area contributed by atoms with Crippen LogP contribution in [0, 0.1) is 0 Å². The number of aromatic amines is 1. The lowest BCUT2D eigenvalue weighted by molar-refractivity contribution is 0.0590. The largest absolute Gasteiger partial charge is 0.464 e. The maximum atomic E-state index is 11.8. The van der Waals surface area contributed by atoms with Gasteiger partial charge < -0.3 is 15.0 Å². The van der Waals surface area contributed by atoms with E-state index in [1.807, 2.05) is 0 Å². The number of amides is 1. The van der Waals surface area contributed by atoms with Crippen molar-refractivity contribution in [2.45, 2.75) is 32.6 Å². The Bertz CT molecular complexity index is 401. The number of unbranched alkanes of at least 4 members (excludes halogenated alkanes) is 3. The highest BCUT2D eigenvalue weighted by molar-refractivity contribution is 6.02. The number of hydrogen-bond donors (Lipinski definition) is 2. The number of hydrogen-bond acceptors (Lipinski definition) is 4. The molecule has 6 nitrogen and oxygen atoms in total. The molecule has 1 aromatic heterocycles. The zero-order chi connectivity index (χ0) is 13.4. The van der Waals surface area contributed by atoms with Crippen LogP contribution < -0.4 is 5.32 Å². The third-order valence-electron chi connectivity index (χ3n) is 2.56. The fraction of sp³-hybridized carbons (Fsp3) is 0.583. The number of H-pyrrole nitrogens is 1. The molecule has 1 rings (SSSR count). The summed E-state index contributed by atoms with van der Waals surface area (Å²) in [4.78, 5) is 29.6. The molecule has 100 valence electrons. The predicted molar refractivity (Wildman–Crippen MR) is 66.4 cm³/mol. The fourth-order valence-electron chi connectivity index (χ4n) is 1.56. The molecule has 0 spiro atoms. The van der Waals surface area contributed by atoms with E-state index in [1.54, 1.807) is 0 Å². The van der Waals surface area contributed by atoms with Crippen LogP contribution in [0.15, 0.2) is 6.33 Å². The maximum absolute atomic E-state index is 11.8. The van der Waals surface area contributed by atoms with Crippen LogP contribution in [0.4, 0.5) is 0 Å². The van der Waals surface area contributed by atoms with E-state index in [0.29, 0.717) is 6.54 Å². The molecule has 6 heteroatoms. The first-order chi connectivity index (χ1) is 8.70. The smallest absolute Gasteiger partial charge is 0.356 e. The molecule has 0 saturated carbocycles. The quantitative estimate of drug-likeness (QED) is 0.570. The molecule has 18 heavy (non-hydrogen) atoms. The lowest BCUT2D eigenvalue weighted by Gasteiger charge is -2.04. The number of imidazole rings is 1. The summed E-state index contributed by atoms with van der Waals surface area (Å²) in [6, 6.07) is 0. The van der Waals surface area contributed by atoms with Crippen LogP contribution in [0.3, 0.4) is 0 Å². The minimum atomic E-state index is -0.594. The molecule has 0 atom stereocenters. The lowest BCUT2D eigenvalue weighted by Crippen LogP contribution is -2.26. The fourth-order valence-corrected chi connectivity index (χ4v) is 1.56. The molecule has 0 fully saturated rings. The zero-order valence-electron chi connectivity index (χ0n) is 10.8. The van der Waals surface area contributed by atoms with Gasteiger partial charge in [-0.05, 0) is 6.42 Å². The van der Waals surface area contributed by atoms with Crippen molar-refractivity contribution in [3.63, 3.8) is 0 Å². The maximum Gasteiger partial charge on any atom is 0.356 e. The minimum Gasteiger partial charge on any atom is -0.464 e. The van der Waals surface area contributed by atoms with Gasteiger partial charge in [-0.2, -0.15) is 0 Å². The molecule has 0 radical (unpaired) electrons. The normalized spacial score (nSPS) is 10.1. The minimum absolute atomic E-state index is 0.0809. The Kier molecular flexibility index (Phi) is 5.90. The average Bonchev–Trinajstić information content (AvgIpc) is 2.86. The second kappa shape index (κ2) is 7.47. The van der Waals surface area contributed by atoms with Crippen LogP contribution >= 0.6 is 0 Å². The third kappa shape index (κ3) is 3.87. The number of carbonyl (C=O) groups excluding carboxylic acids is 2. The van der Waals surface area contributed by atoms with Gasteiger partial charge in [-0.1, -0.05) is 26.2 Å². The number of nitrogens with zero attached hydrogens (tertiary/aromatic N) is 1. The van der Waals surface area contributed by atoms with E-state index in [-0.39, 0.29) is 17.3 Å². The van der Waals surface area contributed by atoms with Crippen molar-refractivity contribution in [2.24, 2.45) is 0 Å². The predicted octanol–water partition coefficient (Wildman–Crippen LogP) is 1.51. The van der Waals surface area contributed by atoms with Crippen molar-refractivity contribution in [1.29, 1.82) is 0 Å². The van der Waals surface area contributed by atoms with Crippen molar-refractivity contribution in [2.75, 3.05) is 13.7 Å². The Morgan fingerprint density at radius 2 is 2.17 bits per heavy atom. The SMILES string of the molecule is CCCCCCNC(=O)c1nc[nH]c1C(=O)OC. The number of methoxy groups -OCH3 is 1. The first-order valence-electron chi connectivity index (χ1n) is 6.10. The van der Waals surface area contributed by atoms with Gasteiger partial charge in [-0.25, -0.2) is 9.78 Å². The van der Waals surface area contributed by atoms with Crippen LogP contribution in [-0.2, 0) is 4.74 Å². The van der Waals surface area contributed by atoms with Gasteiger partial charge in [-0.3, -0.25) is 4.79 Å². The third-order valence-corrected chi connectivity index (χ3v) is 2.56. The Morgan fingerprint density at radius 1 is 1.39 bits per heavy atom. The summed E-state index contributed by atoms with van der Waals surface area (Å²) >= 11 is 0. The second-order valence-electron chi connectivity index (χ2n) is 3.93. The number of rotatable bonds is 7. The van der Waals surface area contributed by atoms with E-state index in [2.05, 4.69) is 26.9 Å². The Labute approximate surface area is 106 Å². The lowest BCUT2D eigenvalue weighted by atomic mass is 10.2. The summed E-state index contributed by atoms with van der Waals surface area (Å²) in [6.07, 6.45) is 5.63. The molecular formula is C12H19N3O3. The van der Waals surface area contributed by atoms with Crippen LogP contribution in [0.2, 0.25) is 0 Å². The first kappa shape index (κ1) is 14.2. The first-order valence-corrected chi connectivity index (χ1v) is 6.10. The van der Waals surface area contributed by atoms with Crippen LogP contribution in [0.5, 0.6) is 0 Å². The molecule has 1 amide bonds. The molecule has 0 saturated heterocycles. The summed E-state index contributed by atoms with van der Waals surface area (Å²) in [5, 5.41) is 2.73. The standard InChI is InChI=1S/C12H19N3O3/c1-3-4-5-6-7-13-11(16)9-10(12(17)18-2)15-8-14-9/h8H,3-7H2,1-2H3,(H,13,16)(H,14,15). The van der Waals surface area contributed by atoms with Gasteiger partial charge in [0.25, 0.3) is 5.91 Å². The molecule has 0 aliphatic carbocycles. The van der Waals surface area contributed by atoms with E-state index in [9.17, 15) is 9.59 Å². The molecule has 0 bridgehead atoms. The Morgan fingerprint density at radius 3 is 2.83 bits per heavy atom. The molecule has 0 unspecified atom stereocenters. The molecule has 1 aromatic rings. The van der Waals surface area contributed by atoms with Crippen molar-refractivity contribution in [3.05, 3.63) is 17.7 Å². The Hall–Kier alpha value is -1.85. The number of carbonyl (C=O) groups is 2. The second-order valence-corrected chi connectivity index (χ2v) is 3.93. The van der Waals surface area contributed by atoms with Gasteiger partial charge in [-0.15, -0.1) is 0 Å². The number of ether oxygens (including phenoxy) is 1. The van der Waals surface area contributed by atoms with E-state index in [0.717, 1.165) is 25.7 Å². The van der Waals surface area contributed by atoms with Crippen molar-refractivity contribution < 1.29 is 14.3 Å². The molecule has 0 aliphatic rings. The zero-order valence-corrected chi connectivity index (χ0v) is 10.8. The highest BCUT2D eigenvalue weighted by atomic mass is 16.5. The van der Waals surface area contributed by atoms with E-state index in [4.69, 9.17) is 0 Å². The number of esters is 1. The Balaban J connectivity index is 2.47. The van der Waals surface area contributed by atoms with Gasteiger partial charge in [0.05, 0.1) is 13.4 Å². The molecule has 0 aliphatic heterocycles. The average molecular weight is 253 g/mol. The van der Waals surface area contributed by atoms with E-state index >= 15 is 0 Å². The summed E-state index contributed by atoms with van der Waals surface area (Å²) in [5.74, 6) is -0.947. The molecular weight excluding hydrogens is 234 g/mol. The van der Waals surface area contributed by atoms with Crippen molar-refractivity contribution in [3.8, 4) is 0 Å². The summed E-state index contributed by atoms with van der Waals surface area (Å²) in [6.45, 7) is 2.72. The van der Waals surface area contributed by atoms with Gasteiger partial charge in [0.2, 0.25) is 0 Å². The number of nitrogens with one attached hydrogen (secondary N) is 2. The van der Waals surface area contributed by atoms with Gasteiger partial charge >= 0.3 is 5.97 Å². The monoisotopic (exact) mass is 253 g/mol. The summed E-state index contributed by atoms with van der Waals surface area (Å²) in [7, 11) is 1.26. The van der Waals surface area contributed by atoms with Crippen LogP contribution in [-0.4, -0.2) is 35.5 Å². The van der Waals surface area contributed by atoms with Gasteiger partial charge in [0.15, 0.2) is 11.4 Å². The van der Waals surface area contributed by atoms with Gasteiger partial charge in [0, 0.05) is 6.54 Å². The van der Waals surface area contributed by atoms with Crippen LogP contribution in [0.25, 0.3) is 0 Å². The van der Waals surface area contributed by atoms with E-state index in [1.165, 1.54) is 13.4 Å². The van der Waals surface area contributed by atoms with E-state index < -0.39 is 5.97 Å². The molecule has 2 N–H and O–H groups in total. The van der Waals surface area contributed by atoms with Gasteiger partial charge in [0.1, 0.15) is 0 Å². The highest BCUT2D eigenvalue weighted by Crippen LogP contribution is 2.04. The van der Waals surface area contributed by atoms with Crippen molar-refractivity contribution in [1.82, 2.24) is 15.3 Å².